The monoisotopic (exact) mass is 341 g/mol. The second-order valence-corrected chi connectivity index (χ2v) is 6.43. The molecule has 10 heteroatoms. The number of nitrogen functional groups attached to an aromatic ring is 1. The van der Waals surface area contributed by atoms with Crippen molar-refractivity contribution in [1.29, 1.82) is 0 Å². The third kappa shape index (κ3) is 3.12. The lowest BCUT2D eigenvalue weighted by Crippen LogP contribution is -2.32. The molecule has 3 rings (SSSR count). The Morgan fingerprint density at radius 1 is 1.26 bits per heavy atom. The molecule has 0 radical (unpaired) electrons. The zero-order valence-corrected chi connectivity index (χ0v) is 13.1. The van der Waals surface area contributed by atoms with E-state index < -0.39 is 24.5 Å². The topological polar surface area (TPSA) is 140 Å². The second-order valence-electron chi connectivity index (χ2n) is 5.28. The summed E-state index contributed by atoms with van der Waals surface area (Å²) in [5.74, 6) is 1.54. The van der Waals surface area contributed by atoms with Gasteiger partial charge in [-0.3, -0.25) is 4.57 Å². The van der Waals surface area contributed by atoms with Crippen LogP contribution in [-0.2, 0) is 4.74 Å². The zero-order chi connectivity index (χ0) is 16.4. The Morgan fingerprint density at radius 2 is 2.09 bits per heavy atom. The van der Waals surface area contributed by atoms with E-state index >= 15 is 0 Å². The van der Waals surface area contributed by atoms with Gasteiger partial charge in [0.1, 0.15) is 24.1 Å². The van der Waals surface area contributed by atoms with Gasteiger partial charge < -0.3 is 25.8 Å². The van der Waals surface area contributed by atoms with Gasteiger partial charge >= 0.3 is 0 Å². The minimum absolute atomic E-state index is 0.133. The first kappa shape index (κ1) is 16.4. The first-order chi connectivity index (χ1) is 11.1. The van der Waals surface area contributed by atoms with Gasteiger partial charge in [0.25, 0.3) is 0 Å². The van der Waals surface area contributed by atoms with Gasteiger partial charge in [-0.05, 0) is 12.2 Å². The van der Waals surface area contributed by atoms with Gasteiger partial charge in [-0.2, -0.15) is 11.8 Å². The van der Waals surface area contributed by atoms with E-state index in [4.69, 9.17) is 15.6 Å². The molecule has 0 amide bonds. The molecule has 0 aromatic carbocycles. The minimum atomic E-state index is -1.09. The Labute approximate surface area is 136 Å². The Bertz CT molecular complexity index is 669. The summed E-state index contributed by atoms with van der Waals surface area (Å²) < 4.78 is 7.35. The first-order valence-electron chi connectivity index (χ1n) is 7.26. The van der Waals surface area contributed by atoms with Crippen molar-refractivity contribution in [3.63, 3.8) is 0 Å². The number of hydrogen-bond donors (Lipinski definition) is 4. The lowest BCUT2D eigenvalue weighted by Gasteiger charge is -2.16. The van der Waals surface area contributed by atoms with Gasteiger partial charge in [-0.25, -0.2) is 15.0 Å². The summed E-state index contributed by atoms with van der Waals surface area (Å²) >= 11 is 1.56. The van der Waals surface area contributed by atoms with Gasteiger partial charge in [0.15, 0.2) is 17.7 Å². The molecule has 1 fully saturated rings. The van der Waals surface area contributed by atoms with Crippen LogP contribution in [-0.4, -0.2) is 71.3 Å². The second kappa shape index (κ2) is 6.97. The molecule has 0 bridgehead atoms. The van der Waals surface area contributed by atoms with E-state index in [1.807, 2.05) is 0 Å². The highest BCUT2D eigenvalue weighted by atomic mass is 32.2. The molecule has 9 nitrogen and oxygen atoms in total. The van der Waals surface area contributed by atoms with Crippen molar-refractivity contribution in [2.45, 2.75) is 31.0 Å². The van der Waals surface area contributed by atoms with Gasteiger partial charge in [-0.15, -0.1) is 0 Å². The fourth-order valence-corrected chi connectivity index (χ4v) is 3.53. The molecular weight excluding hydrogens is 322 g/mol. The molecule has 1 aliphatic heterocycles. The van der Waals surface area contributed by atoms with E-state index in [2.05, 4.69) is 15.0 Å². The maximum Gasteiger partial charge on any atom is 0.167 e. The summed E-state index contributed by atoms with van der Waals surface area (Å²) in [5, 5.41) is 29.2. The van der Waals surface area contributed by atoms with Gasteiger partial charge in [0.05, 0.1) is 12.4 Å². The van der Waals surface area contributed by atoms with E-state index in [0.29, 0.717) is 23.3 Å². The van der Waals surface area contributed by atoms with Crippen LogP contribution in [0, 0.1) is 0 Å². The Morgan fingerprint density at radius 3 is 2.87 bits per heavy atom. The first-order valence-corrected chi connectivity index (χ1v) is 8.42. The Balaban J connectivity index is 1.76. The van der Waals surface area contributed by atoms with Gasteiger partial charge in [0.2, 0.25) is 0 Å². The van der Waals surface area contributed by atoms with Gasteiger partial charge in [-0.1, -0.05) is 0 Å². The number of aliphatic hydroxyl groups excluding tert-OH is 3. The zero-order valence-electron chi connectivity index (χ0n) is 12.3. The van der Waals surface area contributed by atoms with Crippen LogP contribution in [0.4, 0.5) is 5.82 Å². The van der Waals surface area contributed by atoms with E-state index in [-0.39, 0.29) is 12.4 Å². The highest BCUT2D eigenvalue weighted by Crippen LogP contribution is 2.33. The third-order valence-electron chi connectivity index (χ3n) is 3.73. The standard InChI is InChI=1S/C13H19N5O4S/c14-11-8-12(16-5-15-11)18(6-17-8)13-10(21)9(20)7(22-13)4-23-3-1-2-19/h5-7,9-10,13,19-21H,1-4H2,(H2,14,15,16)/t7?,9-,10-,13?/m1/s1. The lowest BCUT2D eigenvalue weighted by molar-refractivity contribution is -0.0289. The van der Waals surface area contributed by atoms with Crippen LogP contribution in [0.3, 0.4) is 0 Å². The third-order valence-corrected chi connectivity index (χ3v) is 4.87. The van der Waals surface area contributed by atoms with E-state index in [9.17, 15) is 10.2 Å². The molecule has 0 aliphatic carbocycles. The van der Waals surface area contributed by atoms with E-state index in [0.717, 1.165) is 5.75 Å². The number of aliphatic hydroxyl groups is 3. The fraction of sp³-hybridized carbons (Fsp3) is 0.615. The predicted molar refractivity (Wildman–Crippen MR) is 84.7 cm³/mol. The number of hydrogen-bond acceptors (Lipinski definition) is 9. The number of anilines is 1. The molecule has 0 saturated carbocycles. The van der Waals surface area contributed by atoms with Crippen molar-refractivity contribution in [2.75, 3.05) is 23.8 Å². The highest BCUT2D eigenvalue weighted by molar-refractivity contribution is 7.99. The summed E-state index contributed by atoms with van der Waals surface area (Å²) in [4.78, 5) is 12.1. The fourth-order valence-electron chi connectivity index (χ4n) is 2.52. The van der Waals surface area contributed by atoms with Crippen LogP contribution in [0.2, 0.25) is 0 Å². The molecule has 2 unspecified atom stereocenters. The summed E-state index contributed by atoms with van der Waals surface area (Å²) in [6.07, 6.45) is 0.0864. The molecule has 2 aromatic rings. The smallest absolute Gasteiger partial charge is 0.167 e. The molecule has 0 spiro atoms. The molecule has 1 aliphatic rings. The molecule has 3 heterocycles. The number of nitrogens with zero attached hydrogens (tertiary/aromatic N) is 4. The largest absolute Gasteiger partial charge is 0.396 e. The Kier molecular flexibility index (Phi) is 4.97. The summed E-state index contributed by atoms with van der Waals surface area (Å²) in [6.45, 7) is 0.133. The average Bonchev–Trinajstić information content (AvgIpc) is 3.09. The molecule has 2 aromatic heterocycles. The maximum atomic E-state index is 10.3. The van der Waals surface area contributed by atoms with Crippen molar-refractivity contribution >= 4 is 28.7 Å². The average molecular weight is 341 g/mol. The van der Waals surface area contributed by atoms with Crippen molar-refractivity contribution in [3.05, 3.63) is 12.7 Å². The number of rotatable bonds is 6. The molecular formula is C13H19N5O4S. The Hall–Kier alpha value is -1.46. The van der Waals surface area contributed by atoms with E-state index in [1.165, 1.54) is 12.7 Å². The van der Waals surface area contributed by atoms with Crippen molar-refractivity contribution in [3.8, 4) is 0 Å². The van der Waals surface area contributed by atoms with E-state index in [1.54, 1.807) is 16.3 Å². The van der Waals surface area contributed by atoms with Crippen molar-refractivity contribution in [1.82, 2.24) is 19.5 Å². The number of imidazole rings is 1. The molecule has 126 valence electrons. The van der Waals surface area contributed by atoms with Crippen LogP contribution in [0.5, 0.6) is 0 Å². The van der Waals surface area contributed by atoms with Crippen molar-refractivity contribution in [2.24, 2.45) is 0 Å². The van der Waals surface area contributed by atoms with Crippen LogP contribution >= 0.6 is 11.8 Å². The molecule has 23 heavy (non-hydrogen) atoms. The summed E-state index contributed by atoms with van der Waals surface area (Å²) in [7, 11) is 0. The van der Waals surface area contributed by atoms with Crippen LogP contribution < -0.4 is 5.73 Å². The number of fused-ring (bicyclic) bond motifs is 1. The molecule has 1 saturated heterocycles. The number of ether oxygens (including phenoxy) is 1. The lowest BCUT2D eigenvalue weighted by atomic mass is 10.1. The van der Waals surface area contributed by atoms with Crippen LogP contribution in [0.1, 0.15) is 12.6 Å². The highest BCUT2D eigenvalue weighted by Gasteiger charge is 2.44. The minimum Gasteiger partial charge on any atom is -0.396 e. The van der Waals surface area contributed by atoms with Crippen LogP contribution in [0.25, 0.3) is 11.2 Å². The number of aromatic nitrogens is 4. The molecule has 4 atom stereocenters. The van der Waals surface area contributed by atoms with Crippen LogP contribution in [0.15, 0.2) is 12.7 Å². The predicted octanol–water partition coefficient (Wildman–Crippen LogP) is -0.857. The quantitative estimate of drug-likeness (QED) is 0.494. The summed E-state index contributed by atoms with van der Waals surface area (Å²) in [6, 6.07) is 0. The normalized spacial score (nSPS) is 27.8. The maximum absolute atomic E-state index is 10.3. The SMILES string of the molecule is Nc1ncnc2c1ncn2C1OC(CSCCCO)[C@@H](O)[C@H]1O. The number of nitrogens with two attached hydrogens (primary N) is 1. The van der Waals surface area contributed by atoms with Gasteiger partial charge in [0, 0.05) is 12.4 Å². The van der Waals surface area contributed by atoms with Crippen molar-refractivity contribution < 1.29 is 20.1 Å². The summed E-state index contributed by atoms with van der Waals surface area (Å²) in [5.41, 5.74) is 6.62. The number of thioether (sulfide) groups is 1. The molecule has 5 N–H and O–H groups in total.